The van der Waals surface area contributed by atoms with Gasteiger partial charge in [-0.3, -0.25) is 9.69 Å². The minimum atomic E-state index is -0.288. The first kappa shape index (κ1) is 18.4. The summed E-state index contributed by atoms with van der Waals surface area (Å²) in [5, 5.41) is 4.51. The van der Waals surface area contributed by atoms with E-state index in [1.54, 1.807) is 12.1 Å². The number of rotatable bonds is 3. The van der Waals surface area contributed by atoms with Crippen molar-refractivity contribution in [3.8, 4) is 0 Å². The lowest BCUT2D eigenvalue weighted by Gasteiger charge is -2.34. The maximum Gasteiger partial charge on any atom is 0.276 e. The Kier molecular flexibility index (Phi) is 5.19. The number of hydrogen-bond donors (Lipinski definition) is 0. The van der Waals surface area contributed by atoms with E-state index in [0.717, 1.165) is 30.6 Å². The molecule has 0 N–H and O–H groups in total. The zero-order valence-electron chi connectivity index (χ0n) is 15.4. The van der Waals surface area contributed by atoms with Crippen LogP contribution in [0.1, 0.15) is 40.7 Å². The fraction of sp³-hybridized carbons (Fsp3) is 0.500. The summed E-state index contributed by atoms with van der Waals surface area (Å²) in [6, 6.07) is 4.74. The van der Waals surface area contributed by atoms with Gasteiger partial charge in [-0.15, -0.1) is 0 Å². The molecule has 1 aliphatic heterocycles. The second kappa shape index (κ2) is 7.60. The molecule has 1 aliphatic carbocycles. The van der Waals surface area contributed by atoms with Crippen LogP contribution in [-0.2, 0) is 19.4 Å². The van der Waals surface area contributed by atoms with Gasteiger partial charge in [0, 0.05) is 55.3 Å². The topological polar surface area (TPSA) is 49.6 Å². The highest BCUT2D eigenvalue weighted by molar-refractivity contribution is 6.31. The lowest BCUT2D eigenvalue weighted by atomic mass is 9.88. The van der Waals surface area contributed by atoms with Crippen molar-refractivity contribution < 1.29 is 13.7 Å². The maximum atomic E-state index is 14.0. The van der Waals surface area contributed by atoms with Crippen LogP contribution in [0.5, 0.6) is 0 Å². The van der Waals surface area contributed by atoms with Crippen LogP contribution in [0.3, 0.4) is 0 Å². The van der Waals surface area contributed by atoms with Gasteiger partial charge < -0.3 is 9.42 Å². The Labute approximate surface area is 163 Å². The fourth-order valence-electron chi connectivity index (χ4n) is 3.91. The van der Waals surface area contributed by atoms with Gasteiger partial charge in [-0.1, -0.05) is 29.7 Å². The Hall–Kier alpha value is -1.92. The molecular weight excluding hydrogens is 369 g/mol. The number of halogens is 2. The summed E-state index contributed by atoms with van der Waals surface area (Å²) >= 11 is 6.12. The number of aryl methyl sites for hydroxylation is 1. The van der Waals surface area contributed by atoms with E-state index in [1.165, 1.54) is 6.07 Å². The molecule has 0 radical (unpaired) electrons. The molecule has 1 atom stereocenters. The van der Waals surface area contributed by atoms with Gasteiger partial charge in [-0.2, -0.15) is 0 Å². The van der Waals surface area contributed by atoms with Crippen LogP contribution in [0.15, 0.2) is 22.7 Å². The lowest BCUT2D eigenvalue weighted by molar-refractivity contribution is 0.0616. The Bertz CT molecular complexity index is 825. The van der Waals surface area contributed by atoms with Crippen molar-refractivity contribution in [1.82, 2.24) is 15.0 Å². The number of aromatic nitrogens is 1. The van der Waals surface area contributed by atoms with E-state index in [1.807, 2.05) is 4.90 Å². The number of piperazine rings is 1. The normalized spacial score (nSPS) is 20.6. The molecule has 1 amide bonds. The Morgan fingerprint density at radius 2 is 2.11 bits per heavy atom. The van der Waals surface area contributed by atoms with Crippen LogP contribution in [0.2, 0.25) is 5.02 Å². The van der Waals surface area contributed by atoms with Gasteiger partial charge in [0.05, 0.1) is 0 Å². The molecule has 0 bridgehead atoms. The molecule has 2 heterocycles. The molecule has 0 spiro atoms. The van der Waals surface area contributed by atoms with Gasteiger partial charge in [0.15, 0.2) is 5.69 Å². The van der Waals surface area contributed by atoms with Gasteiger partial charge in [-0.05, 0) is 30.9 Å². The van der Waals surface area contributed by atoms with Crippen LogP contribution in [0.25, 0.3) is 0 Å². The SMILES string of the molecule is CC1CCc2onc(C(=O)N3CCN(Cc4c(F)cccc4Cl)CC3)c2C1. The predicted molar refractivity (Wildman–Crippen MR) is 100 cm³/mol. The summed E-state index contributed by atoms with van der Waals surface area (Å²) in [6.45, 7) is 5.16. The minimum Gasteiger partial charge on any atom is -0.360 e. The molecule has 1 saturated heterocycles. The van der Waals surface area contributed by atoms with Crippen molar-refractivity contribution in [2.24, 2.45) is 5.92 Å². The summed E-state index contributed by atoms with van der Waals surface area (Å²) in [4.78, 5) is 16.9. The first-order chi connectivity index (χ1) is 13.0. The Balaban J connectivity index is 1.40. The molecule has 2 aliphatic rings. The monoisotopic (exact) mass is 391 g/mol. The molecule has 1 unspecified atom stereocenters. The first-order valence-corrected chi connectivity index (χ1v) is 9.82. The molecule has 2 aromatic rings. The quantitative estimate of drug-likeness (QED) is 0.802. The summed E-state index contributed by atoms with van der Waals surface area (Å²) in [5.74, 6) is 1.07. The molecule has 7 heteroatoms. The van der Waals surface area contributed by atoms with E-state index >= 15 is 0 Å². The van der Waals surface area contributed by atoms with Crippen LogP contribution in [-0.4, -0.2) is 47.0 Å². The Morgan fingerprint density at radius 1 is 1.33 bits per heavy atom. The summed E-state index contributed by atoms with van der Waals surface area (Å²) < 4.78 is 19.4. The summed E-state index contributed by atoms with van der Waals surface area (Å²) in [7, 11) is 0. The van der Waals surface area contributed by atoms with Gasteiger partial charge >= 0.3 is 0 Å². The van der Waals surface area contributed by atoms with E-state index < -0.39 is 0 Å². The summed E-state index contributed by atoms with van der Waals surface area (Å²) in [6.07, 6.45) is 2.78. The largest absolute Gasteiger partial charge is 0.360 e. The van der Waals surface area contributed by atoms with Crippen molar-refractivity contribution in [2.45, 2.75) is 32.7 Å². The number of hydrogen-bond acceptors (Lipinski definition) is 4. The minimum absolute atomic E-state index is 0.0577. The maximum absolute atomic E-state index is 14.0. The number of fused-ring (bicyclic) bond motifs is 1. The standard InChI is InChI=1S/C20H23ClFN3O2/c1-13-5-6-18-14(11-13)19(23-27-18)20(26)25-9-7-24(8-10-25)12-15-16(21)3-2-4-17(15)22/h2-4,13H,5-12H2,1H3. The van der Waals surface area contributed by atoms with Gasteiger partial charge in [-0.25, -0.2) is 4.39 Å². The van der Waals surface area contributed by atoms with E-state index in [2.05, 4.69) is 17.0 Å². The number of nitrogens with zero attached hydrogens (tertiary/aromatic N) is 3. The Morgan fingerprint density at radius 3 is 2.85 bits per heavy atom. The van der Waals surface area contributed by atoms with Crippen molar-refractivity contribution in [3.05, 3.63) is 51.6 Å². The number of carbonyl (C=O) groups is 1. The predicted octanol–water partition coefficient (Wildman–Crippen LogP) is 3.55. The van der Waals surface area contributed by atoms with E-state index in [4.69, 9.17) is 16.1 Å². The summed E-state index contributed by atoms with van der Waals surface area (Å²) in [5.41, 5.74) is 1.97. The molecule has 0 saturated carbocycles. The number of amides is 1. The highest BCUT2D eigenvalue weighted by Gasteiger charge is 2.31. The van der Waals surface area contributed by atoms with Crippen molar-refractivity contribution in [1.29, 1.82) is 0 Å². The van der Waals surface area contributed by atoms with E-state index in [-0.39, 0.29) is 11.7 Å². The number of benzene rings is 1. The second-order valence-corrected chi connectivity index (χ2v) is 7.96. The highest BCUT2D eigenvalue weighted by Crippen LogP contribution is 2.29. The van der Waals surface area contributed by atoms with Crippen molar-refractivity contribution >= 4 is 17.5 Å². The fourth-order valence-corrected chi connectivity index (χ4v) is 4.13. The highest BCUT2D eigenvalue weighted by atomic mass is 35.5. The molecule has 1 fully saturated rings. The third-order valence-electron chi connectivity index (χ3n) is 5.59. The van der Waals surface area contributed by atoms with Gasteiger partial charge in [0.2, 0.25) is 0 Å². The van der Waals surface area contributed by atoms with Crippen LogP contribution in [0, 0.1) is 11.7 Å². The van der Waals surface area contributed by atoms with Crippen molar-refractivity contribution in [2.75, 3.05) is 26.2 Å². The molecule has 1 aromatic carbocycles. The van der Waals surface area contributed by atoms with Gasteiger partial charge in [0.25, 0.3) is 5.91 Å². The molecule has 144 valence electrons. The average molecular weight is 392 g/mol. The lowest BCUT2D eigenvalue weighted by Crippen LogP contribution is -2.48. The molecule has 5 nitrogen and oxygen atoms in total. The van der Waals surface area contributed by atoms with Crippen LogP contribution < -0.4 is 0 Å². The van der Waals surface area contributed by atoms with Crippen molar-refractivity contribution in [3.63, 3.8) is 0 Å². The van der Waals surface area contributed by atoms with Crippen LogP contribution >= 0.6 is 11.6 Å². The van der Waals surface area contributed by atoms with E-state index in [9.17, 15) is 9.18 Å². The average Bonchev–Trinajstić information content (AvgIpc) is 3.08. The molecule has 4 rings (SSSR count). The second-order valence-electron chi connectivity index (χ2n) is 7.55. The first-order valence-electron chi connectivity index (χ1n) is 9.45. The molecule has 1 aromatic heterocycles. The zero-order valence-corrected chi connectivity index (χ0v) is 16.1. The smallest absolute Gasteiger partial charge is 0.276 e. The van der Waals surface area contributed by atoms with E-state index in [0.29, 0.717) is 54.9 Å². The number of carbonyl (C=O) groups excluding carboxylic acids is 1. The van der Waals surface area contributed by atoms with Gasteiger partial charge in [0.1, 0.15) is 11.6 Å². The van der Waals surface area contributed by atoms with Crippen LogP contribution in [0.4, 0.5) is 4.39 Å². The third kappa shape index (κ3) is 3.73. The molecule has 27 heavy (non-hydrogen) atoms. The zero-order chi connectivity index (χ0) is 19.0. The third-order valence-corrected chi connectivity index (χ3v) is 5.95. The molecular formula is C20H23ClFN3O2.